The van der Waals surface area contributed by atoms with Crippen molar-refractivity contribution < 1.29 is 14.6 Å². The number of nitrogens with zero attached hydrogens (tertiary/aromatic N) is 4. The lowest BCUT2D eigenvalue weighted by Gasteiger charge is -2.14. The van der Waals surface area contributed by atoms with Crippen LogP contribution < -0.4 is 16.2 Å². The molecule has 1 aromatic carbocycles. The number of benzene rings is 1. The molecule has 178 valence electrons. The van der Waals surface area contributed by atoms with Crippen LogP contribution in [0.4, 0.5) is 16.2 Å². The summed E-state index contributed by atoms with van der Waals surface area (Å²) < 4.78 is 6.02. The Kier molecular flexibility index (Phi) is 11.3. The van der Waals surface area contributed by atoms with Crippen molar-refractivity contribution in [2.24, 2.45) is 7.05 Å². The van der Waals surface area contributed by atoms with Crippen molar-refractivity contribution in [2.75, 3.05) is 51.5 Å². The minimum Gasteiger partial charge on any atom is -0.453 e. The number of amides is 1. The molecule has 3 rings (SSSR count). The van der Waals surface area contributed by atoms with E-state index in [1.54, 1.807) is 18.9 Å². The van der Waals surface area contributed by atoms with Gasteiger partial charge in [-0.15, -0.1) is 0 Å². The topological polar surface area (TPSA) is 114 Å². The smallest absolute Gasteiger partial charge is 0.409 e. The highest BCUT2D eigenvalue weighted by Gasteiger charge is 2.17. The molecule has 1 saturated heterocycles. The summed E-state index contributed by atoms with van der Waals surface area (Å²) >= 11 is 0. The van der Waals surface area contributed by atoms with E-state index < -0.39 is 0 Å². The number of likely N-dealkylation sites (tertiary alicyclic amines) is 1. The van der Waals surface area contributed by atoms with Crippen LogP contribution in [0.25, 0.3) is 11.4 Å². The van der Waals surface area contributed by atoms with Gasteiger partial charge in [-0.1, -0.05) is 6.92 Å². The minimum atomic E-state index is -0.191. The van der Waals surface area contributed by atoms with Crippen LogP contribution in [0.1, 0.15) is 32.4 Å². The molecule has 0 spiro atoms. The lowest BCUT2D eigenvalue weighted by Crippen LogP contribution is -2.27. The van der Waals surface area contributed by atoms with Gasteiger partial charge in [0.2, 0.25) is 0 Å². The molecule has 9 nitrogen and oxygen atoms in total. The molecule has 0 unspecified atom stereocenters. The number of ether oxygens (including phenoxy) is 1. The zero-order chi connectivity index (χ0) is 24.3. The maximum absolute atomic E-state index is 12.1. The summed E-state index contributed by atoms with van der Waals surface area (Å²) in [5, 5.41) is 7.57. The van der Waals surface area contributed by atoms with Gasteiger partial charge in [0, 0.05) is 52.1 Å². The van der Waals surface area contributed by atoms with E-state index in [0.717, 1.165) is 37.2 Å². The molecule has 1 aromatic heterocycles. The second kappa shape index (κ2) is 13.4. The van der Waals surface area contributed by atoms with Crippen molar-refractivity contribution in [2.45, 2.75) is 33.1 Å². The Bertz CT molecular complexity index is 904. The molecule has 2 aromatic rings. The molecule has 0 radical (unpaired) electrons. The van der Waals surface area contributed by atoms with Gasteiger partial charge in [-0.2, -0.15) is 0 Å². The van der Waals surface area contributed by atoms with Crippen molar-refractivity contribution in [1.29, 1.82) is 0 Å². The SMILES string of the molecule is CCO.CCc1nc(-c2ccc(N(C)C)cc2)n(C)c(=O)c1N.COC(=O)N1CCCC1. The summed E-state index contributed by atoms with van der Waals surface area (Å²) in [4.78, 5) is 31.1. The first-order valence-corrected chi connectivity index (χ1v) is 10.8. The van der Waals surface area contributed by atoms with Gasteiger partial charge in [0.1, 0.15) is 11.5 Å². The van der Waals surface area contributed by atoms with E-state index >= 15 is 0 Å². The quantitative estimate of drug-likeness (QED) is 0.743. The maximum Gasteiger partial charge on any atom is 0.409 e. The number of aliphatic hydroxyl groups is 1. The van der Waals surface area contributed by atoms with Crippen LogP contribution >= 0.6 is 0 Å². The van der Waals surface area contributed by atoms with E-state index in [-0.39, 0.29) is 23.9 Å². The zero-order valence-electron chi connectivity index (χ0n) is 20.1. The van der Waals surface area contributed by atoms with Crippen LogP contribution in [0.2, 0.25) is 0 Å². The van der Waals surface area contributed by atoms with Crippen LogP contribution in [-0.2, 0) is 18.2 Å². The lowest BCUT2D eigenvalue weighted by molar-refractivity contribution is 0.133. The molecular formula is C23H37N5O4. The number of methoxy groups -OCH3 is 1. The van der Waals surface area contributed by atoms with Crippen molar-refractivity contribution in [3.63, 3.8) is 0 Å². The van der Waals surface area contributed by atoms with Gasteiger partial charge >= 0.3 is 6.09 Å². The number of nitrogen functional groups attached to an aromatic ring is 1. The largest absolute Gasteiger partial charge is 0.453 e. The van der Waals surface area contributed by atoms with Gasteiger partial charge in [-0.05, 0) is 50.5 Å². The van der Waals surface area contributed by atoms with Crippen LogP contribution in [0.5, 0.6) is 0 Å². The van der Waals surface area contributed by atoms with E-state index in [1.165, 1.54) is 11.7 Å². The predicted octanol–water partition coefficient (Wildman–Crippen LogP) is 2.51. The summed E-state index contributed by atoms with van der Waals surface area (Å²) in [5.74, 6) is 0.645. The second-order valence-electron chi connectivity index (χ2n) is 7.44. The predicted molar refractivity (Wildman–Crippen MR) is 129 cm³/mol. The monoisotopic (exact) mass is 447 g/mol. The Morgan fingerprint density at radius 1 is 1.19 bits per heavy atom. The molecule has 0 atom stereocenters. The van der Waals surface area contributed by atoms with E-state index in [4.69, 9.17) is 10.8 Å². The average Bonchev–Trinajstić information content (AvgIpc) is 3.33. The fourth-order valence-corrected chi connectivity index (χ4v) is 3.13. The third-order valence-corrected chi connectivity index (χ3v) is 4.92. The Morgan fingerprint density at radius 3 is 2.16 bits per heavy atom. The van der Waals surface area contributed by atoms with Gasteiger partial charge in [0.25, 0.3) is 5.56 Å². The molecule has 1 amide bonds. The molecule has 1 aliphatic rings. The second-order valence-corrected chi connectivity index (χ2v) is 7.44. The third-order valence-electron chi connectivity index (χ3n) is 4.92. The molecular weight excluding hydrogens is 410 g/mol. The summed E-state index contributed by atoms with van der Waals surface area (Å²) in [7, 11) is 7.09. The molecule has 2 heterocycles. The first-order chi connectivity index (χ1) is 15.2. The number of aromatic nitrogens is 2. The molecule has 0 saturated carbocycles. The van der Waals surface area contributed by atoms with Gasteiger partial charge in [-0.25, -0.2) is 9.78 Å². The highest BCUT2D eigenvalue weighted by Crippen LogP contribution is 2.21. The Balaban J connectivity index is 0.000000354. The number of carbonyl (C=O) groups is 1. The normalized spacial score (nSPS) is 12.3. The number of hydrogen-bond donors (Lipinski definition) is 2. The molecule has 9 heteroatoms. The summed E-state index contributed by atoms with van der Waals surface area (Å²) in [6, 6.07) is 7.94. The van der Waals surface area contributed by atoms with Crippen LogP contribution in [-0.4, -0.2) is 66.6 Å². The molecule has 3 N–H and O–H groups in total. The lowest BCUT2D eigenvalue weighted by atomic mass is 10.1. The molecule has 0 bridgehead atoms. The van der Waals surface area contributed by atoms with Gasteiger partial charge in [0.15, 0.2) is 0 Å². The third kappa shape index (κ3) is 7.26. The van der Waals surface area contributed by atoms with Crippen molar-refractivity contribution in [1.82, 2.24) is 14.5 Å². The van der Waals surface area contributed by atoms with E-state index in [9.17, 15) is 9.59 Å². The number of carbonyl (C=O) groups excluding carboxylic acids is 1. The first kappa shape index (κ1) is 27.0. The van der Waals surface area contributed by atoms with Gasteiger partial charge < -0.3 is 25.4 Å². The Morgan fingerprint density at radius 2 is 1.72 bits per heavy atom. The van der Waals surface area contributed by atoms with Crippen molar-refractivity contribution in [3.8, 4) is 11.4 Å². The summed E-state index contributed by atoms with van der Waals surface area (Å²) in [6.07, 6.45) is 2.70. The number of anilines is 2. The molecule has 1 fully saturated rings. The Hall–Kier alpha value is -3.07. The maximum atomic E-state index is 12.1. The fraction of sp³-hybridized carbons (Fsp3) is 0.522. The van der Waals surface area contributed by atoms with E-state index in [0.29, 0.717) is 17.9 Å². The first-order valence-electron chi connectivity index (χ1n) is 10.8. The summed E-state index contributed by atoms with van der Waals surface area (Å²) in [6.45, 7) is 5.61. The van der Waals surface area contributed by atoms with Crippen molar-refractivity contribution >= 4 is 17.5 Å². The standard InChI is InChI=1S/C15H20N4O.C6H11NO2.C2H6O/c1-5-12-13(16)15(20)19(4)14(17-12)10-6-8-11(9-7-10)18(2)3;1-9-6(8)7-4-2-3-5-7;1-2-3/h6-9H,5,16H2,1-4H3;2-5H2,1H3;3H,2H2,1H3. The number of aliphatic hydroxyl groups excluding tert-OH is 1. The van der Waals surface area contributed by atoms with Gasteiger partial charge in [0.05, 0.1) is 12.8 Å². The number of rotatable bonds is 3. The number of nitrogens with two attached hydrogens (primary N) is 1. The highest BCUT2D eigenvalue weighted by molar-refractivity contribution is 5.67. The van der Waals surface area contributed by atoms with Gasteiger partial charge in [-0.3, -0.25) is 9.36 Å². The van der Waals surface area contributed by atoms with Crippen LogP contribution in [0.3, 0.4) is 0 Å². The summed E-state index contributed by atoms with van der Waals surface area (Å²) in [5.41, 5.74) is 8.51. The average molecular weight is 448 g/mol. The number of hydrogen-bond acceptors (Lipinski definition) is 7. The zero-order valence-corrected chi connectivity index (χ0v) is 20.1. The fourth-order valence-electron chi connectivity index (χ4n) is 3.13. The van der Waals surface area contributed by atoms with E-state index in [2.05, 4.69) is 9.72 Å². The Labute approximate surface area is 190 Å². The van der Waals surface area contributed by atoms with Crippen LogP contribution in [0.15, 0.2) is 29.1 Å². The van der Waals surface area contributed by atoms with Crippen molar-refractivity contribution in [3.05, 3.63) is 40.3 Å². The number of aryl methyl sites for hydroxylation is 1. The van der Waals surface area contributed by atoms with E-state index in [1.807, 2.05) is 50.2 Å². The molecule has 32 heavy (non-hydrogen) atoms. The highest BCUT2D eigenvalue weighted by atomic mass is 16.5. The molecule has 0 aliphatic carbocycles. The molecule has 1 aliphatic heterocycles. The van der Waals surface area contributed by atoms with Crippen LogP contribution in [0, 0.1) is 0 Å². The minimum absolute atomic E-state index is 0.187.